The van der Waals surface area contributed by atoms with Crippen molar-refractivity contribution >= 4 is 21.0 Å². The maximum absolute atomic E-state index is 10.9. The molecule has 0 heterocycles. The third kappa shape index (κ3) is 3.37. The molecular weight excluding hydrogens is 304 g/mol. The molecule has 0 atom stereocenters. The molecular formula is C12H12O6S2. The second-order valence-corrected chi connectivity index (χ2v) is 6.97. The lowest BCUT2D eigenvalue weighted by atomic mass is 10.1. The van der Waals surface area contributed by atoms with Gasteiger partial charge >= 0.3 is 0 Å². The molecule has 0 saturated heterocycles. The number of hydrogen-bond acceptors (Lipinski definition) is 5. The van der Waals surface area contributed by atoms with Crippen molar-refractivity contribution in [2.24, 2.45) is 0 Å². The van der Waals surface area contributed by atoms with Gasteiger partial charge in [0, 0.05) is 0 Å². The average Bonchev–Trinajstić information content (AvgIpc) is 2.37. The smallest absolute Gasteiger partial charge is 0.294 e. The average molecular weight is 316 g/mol. The van der Waals surface area contributed by atoms with Crippen molar-refractivity contribution in [3.63, 3.8) is 0 Å². The summed E-state index contributed by atoms with van der Waals surface area (Å²) < 4.78 is 57.9. The molecule has 2 rings (SSSR count). The molecule has 0 radical (unpaired) electrons. The van der Waals surface area contributed by atoms with Crippen LogP contribution in [0.25, 0.3) is 11.1 Å². The second-order valence-electron chi connectivity index (χ2n) is 4.04. The molecule has 20 heavy (non-hydrogen) atoms. The molecule has 8 heteroatoms. The Hall–Kier alpha value is -1.42. The lowest BCUT2D eigenvalue weighted by Gasteiger charge is -2.19. The largest absolute Gasteiger partial charge is 0.304 e. The summed E-state index contributed by atoms with van der Waals surface area (Å²) in [6, 6.07) is 11.4. The lowest BCUT2D eigenvalue weighted by molar-refractivity contribution is 0.376. The van der Waals surface area contributed by atoms with Gasteiger partial charge in [0.05, 0.1) is 9.79 Å². The molecule has 108 valence electrons. The van der Waals surface area contributed by atoms with E-state index in [1.54, 1.807) is 12.1 Å². The van der Waals surface area contributed by atoms with Crippen molar-refractivity contribution in [3.8, 4) is 11.1 Å². The van der Waals surface area contributed by atoms with Crippen molar-refractivity contribution in [2.75, 3.05) is 0 Å². The van der Waals surface area contributed by atoms with Gasteiger partial charge in [0.1, 0.15) is 10.9 Å². The normalized spacial score (nSPS) is 13.2. The maximum Gasteiger partial charge on any atom is 0.294 e. The van der Waals surface area contributed by atoms with E-state index in [-0.39, 0.29) is 9.79 Å². The first kappa shape index (κ1) is 15.0. The van der Waals surface area contributed by atoms with Gasteiger partial charge in [-0.3, -0.25) is 4.55 Å². The zero-order chi connectivity index (χ0) is 15.0. The Bertz CT molecular complexity index is 699. The van der Waals surface area contributed by atoms with Crippen LogP contribution in [0, 0.1) is 0 Å². The Labute approximate surface area is 117 Å². The molecule has 0 unspecified atom stereocenters. The highest BCUT2D eigenvalue weighted by Crippen LogP contribution is 2.43. The molecule has 0 spiro atoms. The van der Waals surface area contributed by atoms with Gasteiger partial charge < -0.3 is 13.7 Å². The van der Waals surface area contributed by atoms with Crippen LogP contribution < -0.4 is 0 Å². The lowest BCUT2D eigenvalue weighted by Crippen LogP contribution is -1.97. The van der Waals surface area contributed by atoms with E-state index in [2.05, 4.69) is 0 Å². The van der Waals surface area contributed by atoms with Crippen LogP contribution in [-0.4, -0.2) is 26.6 Å². The number of hydrogen-bond donors (Lipinski definition) is 4. The quantitative estimate of drug-likeness (QED) is 0.646. The highest BCUT2D eigenvalue weighted by atomic mass is 32.3. The number of rotatable bonds is 3. The summed E-state index contributed by atoms with van der Waals surface area (Å²) in [5.41, 5.74) is 1.37. The first-order valence-electron chi connectivity index (χ1n) is 5.36. The molecule has 4 N–H and O–H groups in total. The Balaban J connectivity index is 2.33. The third-order valence-corrected chi connectivity index (χ3v) is 4.43. The van der Waals surface area contributed by atoms with Crippen molar-refractivity contribution < 1.29 is 26.6 Å². The van der Waals surface area contributed by atoms with Gasteiger partial charge in [-0.05, 0) is 35.4 Å². The molecule has 0 aliphatic rings. The van der Waals surface area contributed by atoms with Crippen LogP contribution in [-0.2, 0) is 10.1 Å². The van der Waals surface area contributed by atoms with E-state index >= 15 is 0 Å². The molecule has 0 saturated carbocycles. The minimum Gasteiger partial charge on any atom is -0.304 e. The van der Waals surface area contributed by atoms with E-state index in [0.717, 1.165) is 0 Å². The third-order valence-electron chi connectivity index (χ3n) is 2.66. The molecule has 0 amide bonds. The Kier molecular flexibility index (Phi) is 3.87. The fourth-order valence-electron chi connectivity index (χ4n) is 1.65. The van der Waals surface area contributed by atoms with Gasteiger partial charge in [-0.25, -0.2) is 0 Å². The first-order chi connectivity index (χ1) is 9.18. The van der Waals surface area contributed by atoms with E-state index in [9.17, 15) is 8.42 Å². The molecule has 0 fully saturated rings. The van der Waals surface area contributed by atoms with Gasteiger partial charge in [-0.15, -0.1) is 0 Å². The summed E-state index contributed by atoms with van der Waals surface area (Å²) in [5.74, 6) is 0. The number of benzene rings is 2. The second kappa shape index (κ2) is 5.17. The summed E-state index contributed by atoms with van der Waals surface area (Å²) >= 11 is 0. The highest BCUT2D eigenvalue weighted by molar-refractivity contribution is 8.19. The summed E-state index contributed by atoms with van der Waals surface area (Å²) in [6.07, 6.45) is 0. The van der Waals surface area contributed by atoms with E-state index < -0.39 is 21.0 Å². The Morgan fingerprint density at radius 1 is 0.600 bits per heavy atom. The molecule has 0 aromatic heterocycles. The van der Waals surface area contributed by atoms with E-state index in [0.29, 0.717) is 11.1 Å². The molecule has 0 bridgehead atoms. The topological polar surface area (TPSA) is 115 Å². The van der Waals surface area contributed by atoms with Crippen molar-refractivity contribution in [1.29, 1.82) is 0 Å². The van der Waals surface area contributed by atoms with Gasteiger partial charge in [0.15, 0.2) is 0 Å². The van der Waals surface area contributed by atoms with Crippen molar-refractivity contribution in [1.82, 2.24) is 0 Å². The summed E-state index contributed by atoms with van der Waals surface area (Å²) in [7, 11) is -7.96. The zero-order valence-corrected chi connectivity index (χ0v) is 11.7. The van der Waals surface area contributed by atoms with Crippen LogP contribution in [0.15, 0.2) is 58.3 Å². The predicted octanol–water partition coefficient (Wildman–Crippen LogP) is 3.18. The van der Waals surface area contributed by atoms with Crippen LogP contribution in [0.1, 0.15) is 0 Å². The van der Waals surface area contributed by atoms with Gasteiger partial charge in [0.2, 0.25) is 0 Å². The van der Waals surface area contributed by atoms with Gasteiger partial charge in [-0.1, -0.05) is 24.3 Å². The minimum absolute atomic E-state index is 0.00388. The predicted molar refractivity (Wildman–Crippen MR) is 75.4 cm³/mol. The molecule has 2 aromatic rings. The van der Waals surface area contributed by atoms with E-state index in [1.807, 2.05) is 0 Å². The summed E-state index contributed by atoms with van der Waals surface area (Å²) in [6.45, 7) is 0. The van der Waals surface area contributed by atoms with Gasteiger partial charge in [-0.2, -0.15) is 8.42 Å². The molecule has 2 aromatic carbocycles. The van der Waals surface area contributed by atoms with Crippen LogP contribution in [0.4, 0.5) is 0 Å². The highest BCUT2D eigenvalue weighted by Gasteiger charge is 2.15. The van der Waals surface area contributed by atoms with Crippen LogP contribution in [0.3, 0.4) is 0 Å². The fraction of sp³-hybridized carbons (Fsp3) is 0. The van der Waals surface area contributed by atoms with Crippen LogP contribution in [0.2, 0.25) is 0 Å². The van der Waals surface area contributed by atoms with Gasteiger partial charge in [0.25, 0.3) is 10.1 Å². The molecule has 0 aliphatic heterocycles. The Morgan fingerprint density at radius 2 is 0.950 bits per heavy atom. The Morgan fingerprint density at radius 3 is 1.25 bits per heavy atom. The fourth-order valence-corrected chi connectivity index (χ4v) is 2.63. The standard InChI is InChI=1S/C12H12O6S2/c13-19(14,15)11-5-1-9(2-6-11)10-3-7-12(8-4-10)20(16,17)18/h1-8,13-15H,(H,16,17,18). The van der Waals surface area contributed by atoms with Crippen molar-refractivity contribution in [3.05, 3.63) is 48.5 Å². The summed E-state index contributed by atoms with van der Waals surface area (Å²) in [5, 5.41) is 0. The maximum atomic E-state index is 10.9. The molecule has 0 aliphatic carbocycles. The van der Waals surface area contributed by atoms with Crippen molar-refractivity contribution in [2.45, 2.75) is 9.79 Å². The monoisotopic (exact) mass is 316 g/mol. The summed E-state index contributed by atoms with van der Waals surface area (Å²) in [4.78, 5) is -0.210. The molecule has 6 nitrogen and oxygen atoms in total. The SMILES string of the molecule is O=S(=O)(O)c1ccc(-c2ccc(S(O)(O)O)cc2)cc1. The van der Waals surface area contributed by atoms with Crippen LogP contribution >= 0.6 is 10.9 Å². The van der Waals surface area contributed by atoms with E-state index in [1.165, 1.54) is 36.4 Å². The van der Waals surface area contributed by atoms with Crippen LogP contribution in [0.5, 0.6) is 0 Å². The van der Waals surface area contributed by atoms with E-state index in [4.69, 9.17) is 18.2 Å². The first-order valence-corrected chi connectivity index (χ1v) is 8.31. The minimum atomic E-state index is -4.22. The zero-order valence-electron chi connectivity index (χ0n) is 10.0.